The summed E-state index contributed by atoms with van der Waals surface area (Å²) >= 11 is 1.41. The zero-order chi connectivity index (χ0) is 22.2. The maximum absolute atomic E-state index is 13.5. The lowest BCUT2D eigenvalue weighted by Crippen LogP contribution is -2.41. The summed E-state index contributed by atoms with van der Waals surface area (Å²) in [6.07, 6.45) is 1.58. The number of amides is 1. The number of rotatable bonds is 5. The number of anilines is 1. The van der Waals surface area contributed by atoms with Gasteiger partial charge in [-0.05, 0) is 55.2 Å². The van der Waals surface area contributed by atoms with Crippen molar-refractivity contribution in [2.24, 2.45) is 5.92 Å². The summed E-state index contributed by atoms with van der Waals surface area (Å²) in [5, 5.41) is 3.37. The normalized spacial score (nSPS) is 16.0. The van der Waals surface area contributed by atoms with Gasteiger partial charge in [0.25, 0.3) is 0 Å². The molecule has 3 aromatic rings. The number of piperidine rings is 1. The third-order valence-corrected chi connectivity index (χ3v) is 8.27. The number of benzene rings is 2. The van der Waals surface area contributed by atoms with E-state index in [4.69, 9.17) is 0 Å². The first-order valence-corrected chi connectivity index (χ1v) is 12.2. The minimum atomic E-state index is -3.95. The van der Waals surface area contributed by atoms with Crippen LogP contribution in [0.15, 0.2) is 41.3 Å². The highest BCUT2D eigenvalue weighted by molar-refractivity contribution is 7.89. The van der Waals surface area contributed by atoms with Gasteiger partial charge in [0, 0.05) is 19.0 Å². The lowest BCUT2D eigenvalue weighted by atomic mass is 9.97. The number of hydrogen-bond donors (Lipinski definition) is 1. The predicted octanol–water partition coefficient (Wildman–Crippen LogP) is 4.18. The Hall–Kier alpha value is -2.43. The van der Waals surface area contributed by atoms with Crippen molar-refractivity contribution in [3.8, 4) is 0 Å². The van der Waals surface area contributed by atoms with Gasteiger partial charge < -0.3 is 5.32 Å². The van der Waals surface area contributed by atoms with Gasteiger partial charge in [-0.1, -0.05) is 24.3 Å². The van der Waals surface area contributed by atoms with Crippen molar-refractivity contribution in [3.63, 3.8) is 0 Å². The lowest BCUT2D eigenvalue weighted by molar-refractivity contribution is -0.120. The van der Waals surface area contributed by atoms with Crippen molar-refractivity contribution in [2.45, 2.75) is 31.1 Å². The van der Waals surface area contributed by atoms with Crippen molar-refractivity contribution < 1.29 is 22.0 Å². The van der Waals surface area contributed by atoms with Crippen LogP contribution in [0.3, 0.4) is 0 Å². The molecule has 0 aliphatic carbocycles. The second-order valence-electron chi connectivity index (χ2n) is 7.42. The number of halogens is 2. The summed E-state index contributed by atoms with van der Waals surface area (Å²) in [7, 11) is -3.95. The van der Waals surface area contributed by atoms with E-state index < -0.39 is 21.7 Å². The van der Waals surface area contributed by atoms with Gasteiger partial charge in [-0.3, -0.25) is 4.79 Å². The van der Waals surface area contributed by atoms with Crippen molar-refractivity contribution in [1.82, 2.24) is 9.29 Å². The Labute approximate surface area is 183 Å². The number of fused-ring (bicyclic) bond motifs is 1. The molecule has 0 bridgehead atoms. The van der Waals surface area contributed by atoms with Gasteiger partial charge in [-0.15, -0.1) is 0 Å². The first-order valence-electron chi connectivity index (χ1n) is 9.93. The Morgan fingerprint density at radius 1 is 1.16 bits per heavy atom. The standard InChI is InChI=1S/C21H21F2N3O3S2/c1-2-13-3-6-18-19(11-13)30-21(24-18)25-20(27)14-7-9-26(10-8-14)31(28,29)15-4-5-16(22)17(23)12-15/h3-6,11-12,14H,2,7-10H2,1H3,(H,24,25,27). The third-order valence-electron chi connectivity index (χ3n) is 5.44. The summed E-state index contributed by atoms with van der Waals surface area (Å²) in [6.45, 7) is 2.32. The molecule has 0 atom stereocenters. The van der Waals surface area contributed by atoms with E-state index in [0.29, 0.717) is 24.0 Å². The van der Waals surface area contributed by atoms with Gasteiger partial charge in [-0.25, -0.2) is 22.2 Å². The fraction of sp³-hybridized carbons (Fsp3) is 0.333. The number of nitrogens with zero attached hydrogens (tertiary/aromatic N) is 2. The number of nitrogens with one attached hydrogen (secondary N) is 1. The fourth-order valence-electron chi connectivity index (χ4n) is 3.59. The van der Waals surface area contributed by atoms with E-state index in [9.17, 15) is 22.0 Å². The molecule has 0 unspecified atom stereocenters. The number of hydrogen-bond acceptors (Lipinski definition) is 5. The minimum absolute atomic E-state index is 0.124. The molecular weight excluding hydrogens is 444 g/mol. The number of carbonyl (C=O) groups excluding carboxylic acids is 1. The second-order valence-corrected chi connectivity index (χ2v) is 10.4. The largest absolute Gasteiger partial charge is 0.302 e. The van der Waals surface area contributed by atoms with Gasteiger partial charge in [0.15, 0.2) is 16.8 Å². The van der Waals surface area contributed by atoms with E-state index in [1.165, 1.54) is 21.2 Å². The van der Waals surface area contributed by atoms with Crippen LogP contribution in [-0.2, 0) is 21.2 Å². The molecule has 2 heterocycles. The number of aromatic nitrogens is 1. The Morgan fingerprint density at radius 3 is 2.58 bits per heavy atom. The molecule has 1 amide bonds. The number of sulfonamides is 1. The van der Waals surface area contributed by atoms with E-state index in [2.05, 4.69) is 23.3 Å². The van der Waals surface area contributed by atoms with E-state index in [1.54, 1.807) is 0 Å². The molecule has 0 radical (unpaired) electrons. The summed E-state index contributed by atoms with van der Waals surface area (Å²) in [5.74, 6) is -2.86. The van der Waals surface area contributed by atoms with Gasteiger partial charge in [0.2, 0.25) is 15.9 Å². The maximum Gasteiger partial charge on any atom is 0.243 e. The van der Waals surface area contributed by atoms with Crippen molar-refractivity contribution >= 4 is 42.6 Å². The van der Waals surface area contributed by atoms with Crippen molar-refractivity contribution in [1.29, 1.82) is 0 Å². The SMILES string of the molecule is CCc1ccc2nc(NC(=O)C3CCN(S(=O)(=O)c4ccc(F)c(F)c4)CC3)sc2c1. The highest BCUT2D eigenvalue weighted by Gasteiger charge is 2.32. The molecule has 1 aliphatic rings. The van der Waals surface area contributed by atoms with E-state index in [0.717, 1.165) is 28.8 Å². The van der Waals surface area contributed by atoms with E-state index >= 15 is 0 Å². The number of aryl methyl sites for hydroxylation is 1. The first-order chi connectivity index (χ1) is 14.8. The molecule has 0 saturated carbocycles. The zero-order valence-electron chi connectivity index (χ0n) is 16.8. The minimum Gasteiger partial charge on any atom is -0.302 e. The molecule has 1 fully saturated rings. The molecule has 2 aromatic carbocycles. The number of carbonyl (C=O) groups is 1. The smallest absolute Gasteiger partial charge is 0.243 e. The van der Waals surface area contributed by atoms with Crippen LogP contribution in [0.4, 0.5) is 13.9 Å². The van der Waals surface area contributed by atoms with Crippen LogP contribution in [-0.4, -0.2) is 36.7 Å². The maximum atomic E-state index is 13.5. The van der Waals surface area contributed by atoms with Crippen LogP contribution >= 0.6 is 11.3 Å². The van der Waals surface area contributed by atoms with Crippen LogP contribution in [0.1, 0.15) is 25.3 Å². The summed E-state index contributed by atoms with van der Waals surface area (Å²) in [6, 6.07) is 8.52. The average molecular weight is 466 g/mol. The monoisotopic (exact) mass is 465 g/mol. The molecule has 1 saturated heterocycles. The molecule has 6 nitrogen and oxygen atoms in total. The lowest BCUT2D eigenvalue weighted by Gasteiger charge is -2.30. The van der Waals surface area contributed by atoms with E-state index in [-0.39, 0.29) is 29.8 Å². The van der Waals surface area contributed by atoms with Crippen molar-refractivity contribution in [3.05, 3.63) is 53.6 Å². The van der Waals surface area contributed by atoms with Crippen LogP contribution in [0.2, 0.25) is 0 Å². The zero-order valence-corrected chi connectivity index (χ0v) is 18.4. The molecule has 1 aliphatic heterocycles. The van der Waals surface area contributed by atoms with Gasteiger partial charge in [0.05, 0.1) is 15.1 Å². The number of thiazole rings is 1. The van der Waals surface area contributed by atoms with Gasteiger partial charge >= 0.3 is 0 Å². The van der Waals surface area contributed by atoms with Crippen molar-refractivity contribution in [2.75, 3.05) is 18.4 Å². The average Bonchev–Trinajstić information content (AvgIpc) is 3.16. The molecule has 10 heteroatoms. The van der Waals surface area contributed by atoms with Crippen LogP contribution in [0, 0.1) is 17.6 Å². The third kappa shape index (κ3) is 4.46. The quantitative estimate of drug-likeness (QED) is 0.613. The molecule has 31 heavy (non-hydrogen) atoms. The van der Waals surface area contributed by atoms with Gasteiger partial charge in [-0.2, -0.15) is 4.31 Å². The molecule has 4 rings (SSSR count). The molecule has 1 N–H and O–H groups in total. The van der Waals surface area contributed by atoms with Crippen LogP contribution in [0.5, 0.6) is 0 Å². The molecule has 0 spiro atoms. The van der Waals surface area contributed by atoms with E-state index in [1.807, 2.05) is 12.1 Å². The Balaban J connectivity index is 1.40. The Kier molecular flexibility index (Phi) is 6.05. The second kappa shape index (κ2) is 8.60. The summed E-state index contributed by atoms with van der Waals surface area (Å²) in [5.41, 5.74) is 2.02. The van der Waals surface area contributed by atoms with Crippen LogP contribution in [0.25, 0.3) is 10.2 Å². The molecular formula is C21H21F2N3O3S2. The summed E-state index contributed by atoms with van der Waals surface area (Å²) < 4.78 is 54.2. The molecule has 1 aromatic heterocycles. The first kappa shape index (κ1) is 21.8. The molecule has 164 valence electrons. The highest BCUT2D eigenvalue weighted by Crippen LogP contribution is 2.29. The Morgan fingerprint density at radius 2 is 1.90 bits per heavy atom. The fourth-order valence-corrected chi connectivity index (χ4v) is 6.01. The van der Waals surface area contributed by atoms with Gasteiger partial charge in [0.1, 0.15) is 0 Å². The summed E-state index contributed by atoms with van der Waals surface area (Å²) in [4.78, 5) is 16.8. The predicted molar refractivity (Wildman–Crippen MR) is 115 cm³/mol. The highest BCUT2D eigenvalue weighted by atomic mass is 32.2. The Bertz CT molecular complexity index is 1240. The van der Waals surface area contributed by atoms with Crippen LogP contribution < -0.4 is 5.32 Å². The topological polar surface area (TPSA) is 79.4 Å².